The fourth-order valence-corrected chi connectivity index (χ4v) is 3.63. The fourth-order valence-electron chi connectivity index (χ4n) is 2.54. The molecule has 1 aliphatic rings. The molecule has 2 N–H and O–H groups in total. The molecule has 3 rings (SSSR count). The van der Waals surface area contributed by atoms with Crippen molar-refractivity contribution < 1.29 is 27.1 Å². The summed E-state index contributed by atoms with van der Waals surface area (Å²) in [7, 11) is -3.68. The zero-order valence-corrected chi connectivity index (χ0v) is 15.6. The minimum Gasteiger partial charge on any atom is -0.490 e. The van der Waals surface area contributed by atoms with Gasteiger partial charge in [0.05, 0.1) is 30.9 Å². The number of sulfonamides is 1. The fraction of sp³-hybridized carbons (Fsp3) is 0.389. The van der Waals surface area contributed by atoms with E-state index in [1.165, 1.54) is 18.4 Å². The van der Waals surface area contributed by atoms with Crippen LogP contribution in [0, 0.1) is 0 Å². The van der Waals surface area contributed by atoms with Gasteiger partial charge in [-0.15, -0.1) is 0 Å². The van der Waals surface area contributed by atoms with Gasteiger partial charge in [0.25, 0.3) is 0 Å². The molecule has 146 valence electrons. The maximum absolute atomic E-state index is 12.4. The van der Waals surface area contributed by atoms with Crippen molar-refractivity contribution in [3.8, 4) is 11.5 Å². The van der Waals surface area contributed by atoms with Gasteiger partial charge in [0, 0.05) is 25.5 Å². The van der Waals surface area contributed by atoms with Crippen molar-refractivity contribution in [2.75, 3.05) is 19.8 Å². The van der Waals surface area contributed by atoms with E-state index in [-0.39, 0.29) is 23.8 Å². The Hall–Kier alpha value is -2.52. The van der Waals surface area contributed by atoms with Gasteiger partial charge in [0.1, 0.15) is 5.76 Å². The zero-order valence-electron chi connectivity index (χ0n) is 14.8. The summed E-state index contributed by atoms with van der Waals surface area (Å²) in [5.74, 6) is 1.46. The molecule has 1 amide bonds. The topological polar surface area (TPSA) is 107 Å². The van der Waals surface area contributed by atoms with Crippen LogP contribution in [0.4, 0.5) is 0 Å². The molecule has 9 heteroatoms. The molecule has 27 heavy (non-hydrogen) atoms. The maximum atomic E-state index is 12.4. The molecule has 0 spiro atoms. The van der Waals surface area contributed by atoms with Crippen LogP contribution < -0.4 is 19.5 Å². The minimum atomic E-state index is -3.68. The zero-order chi connectivity index (χ0) is 19.1. The highest BCUT2D eigenvalue weighted by Gasteiger charge is 2.18. The summed E-state index contributed by atoms with van der Waals surface area (Å²) >= 11 is 0. The third-order valence-electron chi connectivity index (χ3n) is 3.94. The van der Waals surface area contributed by atoms with Crippen LogP contribution >= 0.6 is 0 Å². The predicted molar refractivity (Wildman–Crippen MR) is 97.0 cm³/mol. The van der Waals surface area contributed by atoms with Gasteiger partial charge in [-0.2, -0.15) is 0 Å². The second-order valence-corrected chi connectivity index (χ2v) is 7.78. The third kappa shape index (κ3) is 5.48. The Morgan fingerprint density at radius 2 is 1.93 bits per heavy atom. The molecule has 0 unspecified atom stereocenters. The third-order valence-corrected chi connectivity index (χ3v) is 5.40. The van der Waals surface area contributed by atoms with Gasteiger partial charge in [-0.3, -0.25) is 4.79 Å². The Morgan fingerprint density at radius 3 is 2.70 bits per heavy atom. The molecule has 0 fully saturated rings. The molecule has 0 radical (unpaired) electrons. The van der Waals surface area contributed by atoms with E-state index >= 15 is 0 Å². The average molecular weight is 394 g/mol. The van der Waals surface area contributed by atoms with E-state index in [0.717, 1.165) is 6.42 Å². The Bertz CT molecular complexity index is 864. The Balaban J connectivity index is 1.46. The van der Waals surface area contributed by atoms with Gasteiger partial charge < -0.3 is 19.2 Å². The van der Waals surface area contributed by atoms with Crippen LogP contribution in [0.15, 0.2) is 45.9 Å². The number of hydrogen-bond donors (Lipinski definition) is 2. The van der Waals surface area contributed by atoms with Gasteiger partial charge in [-0.1, -0.05) is 0 Å². The van der Waals surface area contributed by atoms with Crippen molar-refractivity contribution in [1.29, 1.82) is 0 Å². The van der Waals surface area contributed by atoms with Crippen molar-refractivity contribution in [1.82, 2.24) is 10.0 Å². The highest BCUT2D eigenvalue weighted by Crippen LogP contribution is 2.31. The highest BCUT2D eigenvalue weighted by atomic mass is 32.2. The van der Waals surface area contributed by atoms with Crippen molar-refractivity contribution in [3.05, 3.63) is 42.4 Å². The minimum absolute atomic E-state index is 0.106. The largest absolute Gasteiger partial charge is 0.490 e. The van der Waals surface area contributed by atoms with Crippen LogP contribution in [0.1, 0.15) is 25.0 Å². The number of carbonyl (C=O) groups is 1. The molecule has 2 aromatic rings. The molecular weight excluding hydrogens is 372 g/mol. The monoisotopic (exact) mass is 394 g/mol. The number of ether oxygens (including phenoxy) is 2. The summed E-state index contributed by atoms with van der Waals surface area (Å²) in [5.41, 5.74) is 0. The molecule has 0 aliphatic carbocycles. The summed E-state index contributed by atoms with van der Waals surface area (Å²) in [6, 6.07) is 8.04. The normalized spacial score (nSPS) is 13.8. The summed E-state index contributed by atoms with van der Waals surface area (Å²) in [5, 5.41) is 2.71. The van der Waals surface area contributed by atoms with E-state index in [4.69, 9.17) is 13.9 Å². The van der Waals surface area contributed by atoms with E-state index in [0.29, 0.717) is 43.4 Å². The lowest BCUT2D eigenvalue weighted by atomic mass is 10.3. The molecule has 0 bridgehead atoms. The summed E-state index contributed by atoms with van der Waals surface area (Å²) < 4.78 is 43.5. The van der Waals surface area contributed by atoms with Crippen LogP contribution in [0.25, 0.3) is 0 Å². The van der Waals surface area contributed by atoms with E-state index in [9.17, 15) is 13.2 Å². The standard InChI is InChI=1S/C18H22N2O6S/c21-18(19-13-14-4-2-9-24-14)5-1-8-20-27(22,23)15-6-7-16-17(12-15)26-11-3-10-25-16/h2,4,6-7,9,12,20H,1,3,5,8,10-11,13H2,(H,19,21). The predicted octanol–water partition coefficient (Wildman–Crippen LogP) is 1.82. The smallest absolute Gasteiger partial charge is 0.240 e. The molecule has 1 aliphatic heterocycles. The quantitative estimate of drug-likeness (QED) is 0.662. The number of nitrogens with one attached hydrogen (secondary N) is 2. The molecule has 1 aromatic carbocycles. The van der Waals surface area contributed by atoms with E-state index in [1.807, 2.05) is 0 Å². The molecule has 0 atom stereocenters. The molecule has 0 saturated carbocycles. The highest BCUT2D eigenvalue weighted by molar-refractivity contribution is 7.89. The van der Waals surface area contributed by atoms with Gasteiger partial charge in [0.2, 0.25) is 15.9 Å². The molecular formula is C18H22N2O6S. The maximum Gasteiger partial charge on any atom is 0.240 e. The molecule has 2 heterocycles. The van der Waals surface area contributed by atoms with Crippen LogP contribution in [-0.2, 0) is 21.4 Å². The molecule has 0 saturated heterocycles. The van der Waals surface area contributed by atoms with Crippen molar-refractivity contribution >= 4 is 15.9 Å². The SMILES string of the molecule is O=C(CCCNS(=O)(=O)c1ccc2c(c1)OCCCO2)NCc1ccco1. The van der Waals surface area contributed by atoms with Crippen LogP contribution in [-0.4, -0.2) is 34.1 Å². The number of fused-ring (bicyclic) bond motifs is 1. The van der Waals surface area contributed by atoms with Crippen molar-refractivity contribution in [2.45, 2.75) is 30.7 Å². The van der Waals surface area contributed by atoms with Crippen molar-refractivity contribution in [3.63, 3.8) is 0 Å². The first-order chi connectivity index (χ1) is 13.0. The summed E-state index contributed by atoms with van der Waals surface area (Å²) in [6.45, 7) is 1.50. The van der Waals surface area contributed by atoms with Gasteiger partial charge >= 0.3 is 0 Å². The average Bonchev–Trinajstić information content (AvgIpc) is 3.07. The lowest BCUT2D eigenvalue weighted by Crippen LogP contribution is -2.27. The Morgan fingerprint density at radius 1 is 1.11 bits per heavy atom. The van der Waals surface area contributed by atoms with E-state index in [2.05, 4.69) is 10.0 Å². The van der Waals surface area contributed by atoms with Gasteiger partial charge in [0.15, 0.2) is 11.5 Å². The first-order valence-corrected chi connectivity index (χ1v) is 10.2. The number of hydrogen-bond acceptors (Lipinski definition) is 6. The second kappa shape index (κ2) is 8.92. The number of rotatable bonds is 8. The lowest BCUT2D eigenvalue weighted by molar-refractivity contribution is -0.121. The van der Waals surface area contributed by atoms with Crippen LogP contribution in [0.2, 0.25) is 0 Å². The van der Waals surface area contributed by atoms with Crippen molar-refractivity contribution in [2.24, 2.45) is 0 Å². The molecule has 1 aromatic heterocycles. The summed E-state index contributed by atoms with van der Waals surface area (Å²) in [6.07, 6.45) is 2.88. The first kappa shape index (κ1) is 19.2. The number of carbonyl (C=O) groups excluding carboxylic acids is 1. The van der Waals surface area contributed by atoms with Gasteiger partial charge in [-0.25, -0.2) is 13.1 Å². The van der Waals surface area contributed by atoms with E-state index in [1.54, 1.807) is 18.2 Å². The van der Waals surface area contributed by atoms with Crippen LogP contribution in [0.3, 0.4) is 0 Å². The Kier molecular flexibility index (Phi) is 6.36. The van der Waals surface area contributed by atoms with E-state index < -0.39 is 10.0 Å². The number of benzene rings is 1. The molecule has 8 nitrogen and oxygen atoms in total. The lowest BCUT2D eigenvalue weighted by Gasteiger charge is -2.11. The summed E-state index contributed by atoms with van der Waals surface area (Å²) in [4.78, 5) is 11.9. The second-order valence-electron chi connectivity index (χ2n) is 6.02. The van der Waals surface area contributed by atoms with Crippen LogP contribution in [0.5, 0.6) is 11.5 Å². The number of furan rings is 1. The first-order valence-electron chi connectivity index (χ1n) is 8.73. The van der Waals surface area contributed by atoms with Gasteiger partial charge in [-0.05, 0) is 30.7 Å². The Labute approximate surface area is 157 Å². The number of amides is 1.